The zero-order valence-corrected chi connectivity index (χ0v) is 11.5. The van der Waals surface area contributed by atoms with Crippen molar-refractivity contribution in [1.29, 1.82) is 0 Å². The fourth-order valence-corrected chi connectivity index (χ4v) is 3.32. The van der Waals surface area contributed by atoms with Gasteiger partial charge < -0.3 is 11.1 Å². The summed E-state index contributed by atoms with van der Waals surface area (Å²) in [7, 11) is 0. The summed E-state index contributed by atoms with van der Waals surface area (Å²) in [5.74, 6) is 1.60. The standard InChI is InChI=1S/C13H18N4S/c1-8-5-18-11-10(8)15-7-16-12(11)17-13(2,6-14)9-3-4-9/h5,7,9H,3-4,6,14H2,1-2H3,(H,15,16,17). The fourth-order valence-electron chi connectivity index (χ4n) is 2.37. The maximum absolute atomic E-state index is 5.94. The van der Waals surface area contributed by atoms with Crippen molar-refractivity contribution in [2.24, 2.45) is 11.7 Å². The van der Waals surface area contributed by atoms with Gasteiger partial charge in [-0.25, -0.2) is 9.97 Å². The molecule has 1 saturated carbocycles. The molecule has 2 aromatic heterocycles. The molecule has 5 heteroatoms. The molecule has 0 bridgehead atoms. The van der Waals surface area contributed by atoms with Crippen molar-refractivity contribution < 1.29 is 0 Å². The van der Waals surface area contributed by atoms with E-state index in [1.807, 2.05) is 0 Å². The van der Waals surface area contributed by atoms with Crippen molar-refractivity contribution in [2.45, 2.75) is 32.2 Å². The highest BCUT2D eigenvalue weighted by molar-refractivity contribution is 7.18. The molecule has 1 aliphatic carbocycles. The quantitative estimate of drug-likeness (QED) is 0.888. The number of nitrogens with two attached hydrogens (primary N) is 1. The van der Waals surface area contributed by atoms with Gasteiger partial charge in [0, 0.05) is 6.54 Å². The van der Waals surface area contributed by atoms with Crippen molar-refractivity contribution in [1.82, 2.24) is 9.97 Å². The second kappa shape index (κ2) is 4.17. The van der Waals surface area contributed by atoms with Crippen LogP contribution in [0.4, 0.5) is 5.82 Å². The van der Waals surface area contributed by atoms with E-state index < -0.39 is 0 Å². The third-order valence-electron chi connectivity index (χ3n) is 3.84. The van der Waals surface area contributed by atoms with Crippen LogP contribution in [0.2, 0.25) is 0 Å². The Morgan fingerprint density at radius 2 is 2.28 bits per heavy atom. The highest BCUT2D eigenvalue weighted by Crippen LogP contribution is 2.41. The van der Waals surface area contributed by atoms with Gasteiger partial charge in [-0.1, -0.05) is 0 Å². The van der Waals surface area contributed by atoms with Crippen molar-refractivity contribution in [3.63, 3.8) is 0 Å². The van der Waals surface area contributed by atoms with E-state index in [1.54, 1.807) is 17.7 Å². The predicted molar refractivity (Wildman–Crippen MR) is 76.0 cm³/mol. The van der Waals surface area contributed by atoms with Crippen molar-refractivity contribution in [3.8, 4) is 0 Å². The topological polar surface area (TPSA) is 63.8 Å². The molecule has 3 rings (SSSR count). The van der Waals surface area contributed by atoms with Crippen LogP contribution in [-0.4, -0.2) is 22.1 Å². The van der Waals surface area contributed by atoms with Crippen molar-refractivity contribution >= 4 is 27.4 Å². The maximum Gasteiger partial charge on any atom is 0.147 e. The van der Waals surface area contributed by atoms with Crippen LogP contribution in [0.5, 0.6) is 0 Å². The molecular weight excluding hydrogens is 244 g/mol. The summed E-state index contributed by atoms with van der Waals surface area (Å²) in [4.78, 5) is 8.74. The van der Waals surface area contributed by atoms with E-state index in [9.17, 15) is 0 Å². The summed E-state index contributed by atoms with van der Waals surface area (Å²) in [6.07, 6.45) is 4.16. The molecule has 1 fully saturated rings. The molecule has 1 atom stereocenters. The molecule has 1 aliphatic rings. The lowest BCUT2D eigenvalue weighted by Gasteiger charge is -2.30. The minimum absolute atomic E-state index is 0.0425. The van der Waals surface area contributed by atoms with Crippen LogP contribution in [0.3, 0.4) is 0 Å². The Morgan fingerprint density at radius 1 is 1.50 bits per heavy atom. The van der Waals surface area contributed by atoms with Gasteiger partial charge in [-0.15, -0.1) is 11.3 Å². The summed E-state index contributed by atoms with van der Waals surface area (Å²) in [5, 5.41) is 5.68. The smallest absolute Gasteiger partial charge is 0.147 e. The number of nitrogens with zero attached hydrogens (tertiary/aromatic N) is 2. The number of fused-ring (bicyclic) bond motifs is 1. The first kappa shape index (κ1) is 11.9. The lowest BCUT2D eigenvalue weighted by molar-refractivity contribution is 0.458. The monoisotopic (exact) mass is 262 g/mol. The number of aryl methyl sites for hydroxylation is 1. The van der Waals surface area contributed by atoms with Gasteiger partial charge >= 0.3 is 0 Å². The molecule has 1 unspecified atom stereocenters. The Kier molecular flexibility index (Phi) is 2.75. The Labute approximate surface area is 111 Å². The molecular formula is C13H18N4S. The third-order valence-corrected chi connectivity index (χ3v) is 4.93. The maximum atomic E-state index is 5.94. The van der Waals surface area contributed by atoms with Crippen LogP contribution >= 0.6 is 11.3 Å². The Morgan fingerprint density at radius 3 is 2.94 bits per heavy atom. The highest BCUT2D eigenvalue weighted by Gasteiger charge is 2.41. The first-order valence-corrected chi connectivity index (χ1v) is 7.19. The molecule has 3 N–H and O–H groups in total. The van der Waals surface area contributed by atoms with Crippen LogP contribution in [0.15, 0.2) is 11.7 Å². The van der Waals surface area contributed by atoms with Gasteiger partial charge in [-0.05, 0) is 43.6 Å². The summed E-state index contributed by atoms with van der Waals surface area (Å²) in [5.41, 5.74) is 8.16. The van der Waals surface area contributed by atoms with Crippen LogP contribution in [0.1, 0.15) is 25.3 Å². The normalized spacial score (nSPS) is 18.8. The Hall–Kier alpha value is -1.20. The van der Waals surface area contributed by atoms with E-state index in [2.05, 4.69) is 34.5 Å². The minimum Gasteiger partial charge on any atom is -0.362 e. The average Bonchev–Trinajstić information content (AvgIpc) is 3.16. The van der Waals surface area contributed by atoms with Crippen molar-refractivity contribution in [3.05, 3.63) is 17.3 Å². The lowest BCUT2D eigenvalue weighted by Crippen LogP contribution is -2.44. The van der Waals surface area contributed by atoms with E-state index in [0.717, 1.165) is 16.0 Å². The second-order valence-electron chi connectivity index (χ2n) is 5.34. The average molecular weight is 262 g/mol. The fraction of sp³-hybridized carbons (Fsp3) is 0.538. The second-order valence-corrected chi connectivity index (χ2v) is 6.22. The van der Waals surface area contributed by atoms with Crippen LogP contribution < -0.4 is 11.1 Å². The van der Waals surface area contributed by atoms with Gasteiger partial charge in [0.05, 0.1) is 15.8 Å². The van der Waals surface area contributed by atoms with Gasteiger partial charge in [-0.3, -0.25) is 0 Å². The first-order valence-electron chi connectivity index (χ1n) is 6.31. The molecule has 2 heterocycles. The lowest BCUT2D eigenvalue weighted by atomic mass is 9.96. The Balaban J connectivity index is 1.99. The van der Waals surface area contributed by atoms with E-state index in [4.69, 9.17) is 5.73 Å². The van der Waals surface area contributed by atoms with Crippen LogP contribution in [-0.2, 0) is 0 Å². The van der Waals surface area contributed by atoms with Gasteiger partial charge in [0.2, 0.25) is 0 Å². The summed E-state index contributed by atoms with van der Waals surface area (Å²) in [6, 6.07) is 0. The first-order chi connectivity index (χ1) is 8.64. The number of hydrogen-bond donors (Lipinski definition) is 2. The summed E-state index contributed by atoms with van der Waals surface area (Å²) in [6.45, 7) is 4.91. The molecule has 96 valence electrons. The van der Waals surface area contributed by atoms with Gasteiger partial charge in [0.1, 0.15) is 12.1 Å². The van der Waals surface area contributed by atoms with Crippen molar-refractivity contribution in [2.75, 3.05) is 11.9 Å². The van der Waals surface area contributed by atoms with Crippen LogP contribution in [0.25, 0.3) is 10.2 Å². The number of hydrogen-bond acceptors (Lipinski definition) is 5. The summed E-state index contributed by atoms with van der Waals surface area (Å²) < 4.78 is 1.13. The summed E-state index contributed by atoms with van der Waals surface area (Å²) >= 11 is 1.70. The molecule has 0 amide bonds. The van der Waals surface area contributed by atoms with E-state index in [-0.39, 0.29) is 5.54 Å². The van der Waals surface area contributed by atoms with Gasteiger partial charge in [0.25, 0.3) is 0 Å². The predicted octanol–water partition coefficient (Wildman–Crippen LogP) is 2.54. The molecule has 0 saturated heterocycles. The third kappa shape index (κ3) is 1.87. The van der Waals surface area contributed by atoms with E-state index in [0.29, 0.717) is 12.5 Å². The van der Waals surface area contributed by atoms with Gasteiger partial charge in [-0.2, -0.15) is 0 Å². The number of rotatable bonds is 4. The van der Waals surface area contributed by atoms with E-state index >= 15 is 0 Å². The molecule has 18 heavy (non-hydrogen) atoms. The number of anilines is 1. The molecule has 4 nitrogen and oxygen atoms in total. The number of thiophene rings is 1. The molecule has 0 radical (unpaired) electrons. The largest absolute Gasteiger partial charge is 0.362 e. The van der Waals surface area contributed by atoms with Gasteiger partial charge in [0.15, 0.2) is 0 Å². The SMILES string of the molecule is Cc1csc2c(NC(C)(CN)C3CC3)ncnc12. The zero-order valence-electron chi connectivity index (χ0n) is 10.7. The molecule has 0 aliphatic heterocycles. The minimum atomic E-state index is -0.0425. The molecule has 0 aromatic carbocycles. The number of nitrogens with one attached hydrogen (secondary N) is 1. The van der Waals surface area contributed by atoms with Crippen LogP contribution in [0, 0.1) is 12.8 Å². The Bertz CT molecular complexity index is 575. The highest BCUT2D eigenvalue weighted by atomic mass is 32.1. The molecule has 2 aromatic rings. The zero-order chi connectivity index (χ0) is 12.8. The number of aromatic nitrogens is 2. The molecule has 0 spiro atoms. The van der Waals surface area contributed by atoms with E-state index in [1.165, 1.54) is 18.4 Å².